The molecule has 0 spiro atoms. The Labute approximate surface area is 124 Å². The van der Waals surface area contributed by atoms with Crippen LogP contribution in [0.4, 0.5) is 0 Å². The third-order valence-corrected chi connectivity index (χ3v) is 3.44. The smallest absolute Gasteiger partial charge is 0.253 e. The van der Waals surface area contributed by atoms with Gasteiger partial charge in [-0.3, -0.25) is 4.79 Å². The molecule has 1 atom stereocenters. The molecule has 0 radical (unpaired) electrons. The summed E-state index contributed by atoms with van der Waals surface area (Å²) in [6, 6.07) is 7.38. The average molecular weight is 287 g/mol. The van der Waals surface area contributed by atoms with Gasteiger partial charge >= 0.3 is 0 Å². The van der Waals surface area contributed by atoms with E-state index < -0.39 is 0 Å². The largest absolute Gasteiger partial charge is 0.396 e. The van der Waals surface area contributed by atoms with Crippen LogP contribution in [-0.2, 0) is 0 Å². The number of carbonyl (C=O) groups excluding carboxylic acids is 1. The number of aliphatic hydroxyl groups is 1. The van der Waals surface area contributed by atoms with Gasteiger partial charge in [0.2, 0.25) is 0 Å². The lowest BCUT2D eigenvalue weighted by atomic mass is 10.0. The van der Waals surface area contributed by atoms with Crippen LogP contribution >= 0.6 is 0 Å². The minimum absolute atomic E-state index is 0.0355. The van der Waals surface area contributed by atoms with Crippen molar-refractivity contribution in [3.05, 3.63) is 48.4 Å². The van der Waals surface area contributed by atoms with E-state index in [1.165, 1.54) is 0 Å². The molecule has 0 fully saturated rings. The highest BCUT2D eigenvalue weighted by atomic mass is 16.3. The standard InChI is InChI=1S/C16H21N3O2/c1-12(2)14(7-10-20)18-16(21)13-5-6-15(17-11-13)19-8-3-4-9-19/h3-6,8-9,11-12,14,20H,7,10H2,1-2H3,(H,18,21). The van der Waals surface area contributed by atoms with Crippen molar-refractivity contribution >= 4 is 5.91 Å². The number of aliphatic hydroxyl groups excluding tert-OH is 1. The zero-order chi connectivity index (χ0) is 15.2. The van der Waals surface area contributed by atoms with Gasteiger partial charge in [0, 0.05) is 31.2 Å². The first-order valence-electron chi connectivity index (χ1n) is 7.13. The zero-order valence-electron chi connectivity index (χ0n) is 12.4. The number of hydrogen-bond acceptors (Lipinski definition) is 3. The predicted molar refractivity (Wildman–Crippen MR) is 81.4 cm³/mol. The molecule has 0 aliphatic carbocycles. The van der Waals surface area contributed by atoms with Crippen molar-refractivity contribution in [3.63, 3.8) is 0 Å². The molecule has 2 rings (SSSR count). The summed E-state index contributed by atoms with van der Waals surface area (Å²) in [5.41, 5.74) is 0.523. The Morgan fingerprint density at radius 3 is 2.57 bits per heavy atom. The van der Waals surface area contributed by atoms with Gasteiger partial charge in [0.25, 0.3) is 5.91 Å². The Balaban J connectivity index is 2.06. The molecule has 0 aromatic carbocycles. The summed E-state index contributed by atoms with van der Waals surface area (Å²) < 4.78 is 1.88. The Hall–Kier alpha value is -2.14. The van der Waals surface area contributed by atoms with Crippen LogP contribution in [0.25, 0.3) is 5.82 Å². The quantitative estimate of drug-likeness (QED) is 0.854. The summed E-state index contributed by atoms with van der Waals surface area (Å²) in [5.74, 6) is 0.884. The molecule has 1 unspecified atom stereocenters. The van der Waals surface area contributed by atoms with E-state index >= 15 is 0 Å². The fourth-order valence-corrected chi connectivity index (χ4v) is 2.12. The van der Waals surface area contributed by atoms with Crippen molar-refractivity contribution < 1.29 is 9.90 Å². The third-order valence-electron chi connectivity index (χ3n) is 3.44. The number of carbonyl (C=O) groups is 1. The summed E-state index contributed by atoms with van der Waals surface area (Å²) in [7, 11) is 0. The van der Waals surface area contributed by atoms with Crippen LogP contribution < -0.4 is 5.32 Å². The van der Waals surface area contributed by atoms with Gasteiger partial charge in [-0.15, -0.1) is 0 Å². The molecule has 112 valence electrons. The van der Waals surface area contributed by atoms with E-state index in [1.54, 1.807) is 12.3 Å². The first kappa shape index (κ1) is 15.3. The van der Waals surface area contributed by atoms with Gasteiger partial charge in [-0.2, -0.15) is 0 Å². The van der Waals surface area contributed by atoms with E-state index in [0.29, 0.717) is 12.0 Å². The van der Waals surface area contributed by atoms with Gasteiger partial charge in [-0.1, -0.05) is 13.8 Å². The fourth-order valence-electron chi connectivity index (χ4n) is 2.12. The summed E-state index contributed by atoms with van der Waals surface area (Å²) >= 11 is 0. The van der Waals surface area contributed by atoms with Crippen LogP contribution in [0.5, 0.6) is 0 Å². The van der Waals surface area contributed by atoms with Crippen molar-refractivity contribution in [2.24, 2.45) is 5.92 Å². The second-order valence-electron chi connectivity index (χ2n) is 5.33. The molecule has 0 bridgehead atoms. The second kappa shape index (κ2) is 7.04. The Kier molecular flexibility index (Phi) is 5.11. The molecule has 2 aromatic rings. The monoisotopic (exact) mass is 287 g/mol. The highest BCUT2D eigenvalue weighted by Crippen LogP contribution is 2.09. The zero-order valence-corrected chi connectivity index (χ0v) is 12.4. The van der Waals surface area contributed by atoms with Crippen molar-refractivity contribution in [2.75, 3.05) is 6.61 Å². The molecule has 5 nitrogen and oxygen atoms in total. The Morgan fingerprint density at radius 1 is 1.33 bits per heavy atom. The number of rotatable bonds is 6. The van der Waals surface area contributed by atoms with Crippen LogP contribution in [0.15, 0.2) is 42.9 Å². The number of nitrogens with zero attached hydrogens (tertiary/aromatic N) is 2. The molecule has 1 amide bonds. The summed E-state index contributed by atoms with van der Waals surface area (Å²) in [6.07, 6.45) is 5.93. The van der Waals surface area contributed by atoms with E-state index in [4.69, 9.17) is 5.11 Å². The molecule has 2 N–H and O–H groups in total. The summed E-state index contributed by atoms with van der Waals surface area (Å²) in [5, 5.41) is 12.0. The lowest BCUT2D eigenvalue weighted by molar-refractivity contribution is 0.0916. The fraction of sp³-hybridized carbons (Fsp3) is 0.375. The molecule has 21 heavy (non-hydrogen) atoms. The lowest BCUT2D eigenvalue weighted by Gasteiger charge is -2.21. The molecule has 0 aliphatic rings. The van der Waals surface area contributed by atoms with Crippen molar-refractivity contribution in [1.29, 1.82) is 0 Å². The molecule has 2 aromatic heterocycles. The van der Waals surface area contributed by atoms with Crippen LogP contribution in [0.3, 0.4) is 0 Å². The maximum Gasteiger partial charge on any atom is 0.253 e. The molecule has 0 aliphatic heterocycles. The van der Waals surface area contributed by atoms with E-state index in [1.807, 2.05) is 49.0 Å². The van der Waals surface area contributed by atoms with Crippen molar-refractivity contribution in [2.45, 2.75) is 26.3 Å². The molecular formula is C16H21N3O2. The van der Waals surface area contributed by atoms with Crippen molar-refractivity contribution in [1.82, 2.24) is 14.9 Å². The van der Waals surface area contributed by atoms with Crippen LogP contribution in [0.2, 0.25) is 0 Å². The third kappa shape index (κ3) is 3.92. The maximum absolute atomic E-state index is 12.2. The molecular weight excluding hydrogens is 266 g/mol. The average Bonchev–Trinajstić information content (AvgIpc) is 3.01. The normalized spacial score (nSPS) is 12.4. The molecule has 0 saturated carbocycles. The lowest BCUT2D eigenvalue weighted by Crippen LogP contribution is -2.39. The molecule has 0 saturated heterocycles. The van der Waals surface area contributed by atoms with Gasteiger partial charge in [-0.05, 0) is 36.6 Å². The van der Waals surface area contributed by atoms with E-state index in [2.05, 4.69) is 10.3 Å². The van der Waals surface area contributed by atoms with E-state index in [-0.39, 0.29) is 24.5 Å². The second-order valence-corrected chi connectivity index (χ2v) is 5.33. The predicted octanol–water partition coefficient (Wildman–Crippen LogP) is 2.01. The topological polar surface area (TPSA) is 67.2 Å². The number of aromatic nitrogens is 2. The first-order chi connectivity index (χ1) is 10.1. The van der Waals surface area contributed by atoms with E-state index in [9.17, 15) is 4.79 Å². The Bertz CT molecular complexity index is 562. The maximum atomic E-state index is 12.2. The van der Waals surface area contributed by atoms with Gasteiger partial charge in [0.1, 0.15) is 5.82 Å². The summed E-state index contributed by atoms with van der Waals surface area (Å²) in [4.78, 5) is 16.5. The van der Waals surface area contributed by atoms with Crippen LogP contribution in [0.1, 0.15) is 30.6 Å². The minimum Gasteiger partial charge on any atom is -0.396 e. The highest BCUT2D eigenvalue weighted by molar-refractivity contribution is 5.94. The minimum atomic E-state index is -0.159. The Morgan fingerprint density at radius 2 is 2.05 bits per heavy atom. The van der Waals surface area contributed by atoms with E-state index in [0.717, 1.165) is 5.82 Å². The van der Waals surface area contributed by atoms with Gasteiger partial charge in [-0.25, -0.2) is 4.98 Å². The molecule has 2 heterocycles. The van der Waals surface area contributed by atoms with Gasteiger partial charge in [0.05, 0.1) is 5.56 Å². The number of hydrogen-bond donors (Lipinski definition) is 2. The first-order valence-corrected chi connectivity index (χ1v) is 7.13. The van der Waals surface area contributed by atoms with Crippen molar-refractivity contribution in [3.8, 4) is 5.82 Å². The molecule has 5 heteroatoms. The SMILES string of the molecule is CC(C)C(CCO)NC(=O)c1ccc(-n2cccc2)nc1. The van der Waals surface area contributed by atoms with Gasteiger partial charge < -0.3 is 15.0 Å². The van der Waals surface area contributed by atoms with Gasteiger partial charge in [0.15, 0.2) is 0 Å². The number of amides is 1. The number of pyridine rings is 1. The highest BCUT2D eigenvalue weighted by Gasteiger charge is 2.16. The van der Waals surface area contributed by atoms with Crippen LogP contribution in [-0.4, -0.2) is 33.2 Å². The van der Waals surface area contributed by atoms with Crippen LogP contribution in [0, 0.1) is 5.92 Å². The summed E-state index contributed by atoms with van der Waals surface area (Å²) in [6.45, 7) is 4.11. The number of nitrogens with one attached hydrogen (secondary N) is 1.